The van der Waals surface area contributed by atoms with E-state index in [0.29, 0.717) is 26.3 Å². The van der Waals surface area contributed by atoms with E-state index in [1.807, 2.05) is 6.92 Å². The minimum atomic E-state index is -0.102. The maximum absolute atomic E-state index is 11.1. The van der Waals surface area contributed by atoms with Crippen molar-refractivity contribution in [2.45, 2.75) is 6.92 Å². The van der Waals surface area contributed by atoms with Crippen LogP contribution in [0.5, 0.6) is 0 Å². The third-order valence-electron chi connectivity index (χ3n) is 1.58. The van der Waals surface area contributed by atoms with Crippen molar-refractivity contribution < 1.29 is 14.6 Å². The van der Waals surface area contributed by atoms with Crippen LogP contribution < -0.4 is 5.32 Å². The molecule has 0 unspecified atom stereocenters. The van der Waals surface area contributed by atoms with E-state index in [1.54, 1.807) is 11.9 Å². The highest BCUT2D eigenvalue weighted by atomic mass is 16.5. The minimum Gasteiger partial charge on any atom is -0.394 e. The SMILES string of the molecule is CCN(C)C(=O)NCCOCCO. The lowest BCUT2D eigenvalue weighted by atomic mass is 10.6. The molecule has 0 radical (unpaired) electrons. The molecule has 0 atom stereocenters. The summed E-state index contributed by atoms with van der Waals surface area (Å²) in [7, 11) is 1.73. The van der Waals surface area contributed by atoms with Crippen LogP contribution in [0, 0.1) is 0 Å². The fourth-order valence-electron chi connectivity index (χ4n) is 0.675. The monoisotopic (exact) mass is 190 g/mol. The molecule has 0 aliphatic carbocycles. The van der Waals surface area contributed by atoms with E-state index in [4.69, 9.17) is 9.84 Å². The van der Waals surface area contributed by atoms with Crippen LogP contribution >= 0.6 is 0 Å². The number of aliphatic hydroxyl groups is 1. The molecule has 0 aromatic heterocycles. The highest BCUT2D eigenvalue weighted by Crippen LogP contribution is 1.81. The molecule has 0 saturated carbocycles. The highest BCUT2D eigenvalue weighted by molar-refractivity contribution is 5.73. The van der Waals surface area contributed by atoms with E-state index >= 15 is 0 Å². The maximum atomic E-state index is 11.1. The number of nitrogens with one attached hydrogen (secondary N) is 1. The van der Waals surface area contributed by atoms with Gasteiger partial charge >= 0.3 is 6.03 Å². The van der Waals surface area contributed by atoms with E-state index in [-0.39, 0.29) is 12.6 Å². The van der Waals surface area contributed by atoms with Crippen molar-refractivity contribution in [3.8, 4) is 0 Å². The predicted octanol–water partition coefficient (Wildman–Crippen LogP) is -0.343. The summed E-state index contributed by atoms with van der Waals surface area (Å²) in [6, 6.07) is -0.102. The van der Waals surface area contributed by atoms with Crippen molar-refractivity contribution in [3.63, 3.8) is 0 Å². The molecule has 5 nitrogen and oxygen atoms in total. The first-order valence-corrected chi connectivity index (χ1v) is 4.40. The summed E-state index contributed by atoms with van der Waals surface area (Å²) in [6.07, 6.45) is 0. The maximum Gasteiger partial charge on any atom is 0.317 e. The lowest BCUT2D eigenvalue weighted by Crippen LogP contribution is -2.38. The van der Waals surface area contributed by atoms with Gasteiger partial charge in [-0.2, -0.15) is 0 Å². The van der Waals surface area contributed by atoms with Gasteiger partial charge in [-0.05, 0) is 6.92 Å². The quantitative estimate of drug-likeness (QED) is 0.563. The van der Waals surface area contributed by atoms with E-state index in [0.717, 1.165) is 0 Å². The molecule has 0 saturated heterocycles. The van der Waals surface area contributed by atoms with Gasteiger partial charge in [0, 0.05) is 20.1 Å². The molecule has 0 aliphatic rings. The fraction of sp³-hybridized carbons (Fsp3) is 0.875. The van der Waals surface area contributed by atoms with E-state index < -0.39 is 0 Å². The van der Waals surface area contributed by atoms with Crippen molar-refractivity contribution in [2.75, 3.05) is 40.0 Å². The van der Waals surface area contributed by atoms with E-state index in [9.17, 15) is 4.79 Å². The highest BCUT2D eigenvalue weighted by Gasteiger charge is 2.03. The average Bonchev–Trinajstić information content (AvgIpc) is 2.16. The molecule has 0 aliphatic heterocycles. The van der Waals surface area contributed by atoms with Crippen LogP contribution in [-0.4, -0.2) is 56.0 Å². The standard InChI is InChI=1S/C8H18N2O3/c1-3-10(2)8(12)9-4-6-13-7-5-11/h11H,3-7H2,1-2H3,(H,9,12). The summed E-state index contributed by atoms with van der Waals surface area (Å²) in [5, 5.41) is 11.1. The molecule has 2 amide bonds. The molecular weight excluding hydrogens is 172 g/mol. The Bertz CT molecular complexity index is 141. The second-order valence-corrected chi connectivity index (χ2v) is 2.58. The summed E-state index contributed by atoms with van der Waals surface area (Å²) in [6.45, 7) is 3.83. The lowest BCUT2D eigenvalue weighted by Gasteiger charge is -2.15. The number of nitrogens with zero attached hydrogens (tertiary/aromatic N) is 1. The predicted molar refractivity (Wildman–Crippen MR) is 49.6 cm³/mol. The van der Waals surface area contributed by atoms with Crippen LogP contribution in [0.2, 0.25) is 0 Å². The zero-order valence-electron chi connectivity index (χ0n) is 8.25. The number of rotatable bonds is 6. The van der Waals surface area contributed by atoms with Crippen LogP contribution in [0.1, 0.15) is 6.92 Å². The van der Waals surface area contributed by atoms with Gasteiger partial charge in [0.15, 0.2) is 0 Å². The van der Waals surface area contributed by atoms with Gasteiger partial charge in [0.1, 0.15) is 0 Å². The number of carbonyl (C=O) groups excluding carboxylic acids is 1. The molecule has 0 aromatic rings. The number of hydrogen-bond donors (Lipinski definition) is 2. The molecule has 2 N–H and O–H groups in total. The molecule has 0 aromatic carbocycles. The summed E-state index contributed by atoms with van der Waals surface area (Å²) in [4.78, 5) is 12.7. The molecule has 13 heavy (non-hydrogen) atoms. The first kappa shape index (κ1) is 12.2. The molecule has 0 fully saturated rings. The van der Waals surface area contributed by atoms with Gasteiger partial charge in [0.05, 0.1) is 19.8 Å². The Morgan fingerprint density at radius 3 is 2.77 bits per heavy atom. The van der Waals surface area contributed by atoms with E-state index in [2.05, 4.69) is 5.32 Å². The van der Waals surface area contributed by atoms with Gasteiger partial charge in [-0.25, -0.2) is 4.79 Å². The van der Waals surface area contributed by atoms with Crippen molar-refractivity contribution in [1.82, 2.24) is 10.2 Å². The van der Waals surface area contributed by atoms with Crippen LogP contribution in [0.4, 0.5) is 4.79 Å². The molecule has 0 rings (SSSR count). The van der Waals surface area contributed by atoms with Crippen molar-refractivity contribution in [2.24, 2.45) is 0 Å². The van der Waals surface area contributed by atoms with Crippen LogP contribution in [0.25, 0.3) is 0 Å². The van der Waals surface area contributed by atoms with Crippen LogP contribution in [-0.2, 0) is 4.74 Å². The minimum absolute atomic E-state index is 0.0167. The fourth-order valence-corrected chi connectivity index (χ4v) is 0.675. The second kappa shape index (κ2) is 7.82. The summed E-state index contributed by atoms with van der Waals surface area (Å²) in [5.41, 5.74) is 0. The third-order valence-corrected chi connectivity index (χ3v) is 1.58. The van der Waals surface area contributed by atoms with E-state index in [1.165, 1.54) is 0 Å². The molecule has 0 spiro atoms. The molecule has 0 heterocycles. The Morgan fingerprint density at radius 2 is 2.23 bits per heavy atom. The largest absolute Gasteiger partial charge is 0.394 e. The third kappa shape index (κ3) is 6.36. The molecule has 5 heteroatoms. The van der Waals surface area contributed by atoms with Crippen LogP contribution in [0.3, 0.4) is 0 Å². The number of carbonyl (C=O) groups is 1. The number of amides is 2. The molecular formula is C8H18N2O3. The number of urea groups is 1. The van der Waals surface area contributed by atoms with Gasteiger partial charge in [-0.1, -0.05) is 0 Å². The number of aliphatic hydroxyl groups excluding tert-OH is 1. The Labute approximate surface area is 78.7 Å². The zero-order chi connectivity index (χ0) is 10.1. The smallest absolute Gasteiger partial charge is 0.317 e. The lowest BCUT2D eigenvalue weighted by molar-refractivity contribution is 0.0940. The van der Waals surface area contributed by atoms with Crippen molar-refractivity contribution in [3.05, 3.63) is 0 Å². The topological polar surface area (TPSA) is 61.8 Å². The second-order valence-electron chi connectivity index (χ2n) is 2.58. The molecule has 78 valence electrons. The Morgan fingerprint density at radius 1 is 1.54 bits per heavy atom. The zero-order valence-corrected chi connectivity index (χ0v) is 8.25. The first-order valence-electron chi connectivity index (χ1n) is 4.40. The Kier molecular flexibility index (Phi) is 7.33. The van der Waals surface area contributed by atoms with Crippen molar-refractivity contribution in [1.29, 1.82) is 0 Å². The summed E-state index contributed by atoms with van der Waals surface area (Å²) < 4.78 is 4.96. The number of ether oxygens (including phenoxy) is 1. The summed E-state index contributed by atoms with van der Waals surface area (Å²) in [5.74, 6) is 0. The van der Waals surface area contributed by atoms with Gasteiger partial charge in [0.25, 0.3) is 0 Å². The normalized spacial score (nSPS) is 9.77. The van der Waals surface area contributed by atoms with Crippen LogP contribution in [0.15, 0.2) is 0 Å². The van der Waals surface area contributed by atoms with Gasteiger partial charge in [-0.3, -0.25) is 0 Å². The van der Waals surface area contributed by atoms with Gasteiger partial charge in [-0.15, -0.1) is 0 Å². The van der Waals surface area contributed by atoms with Crippen molar-refractivity contribution >= 4 is 6.03 Å². The molecule has 0 bridgehead atoms. The van der Waals surface area contributed by atoms with Gasteiger partial charge in [0.2, 0.25) is 0 Å². The summed E-state index contributed by atoms with van der Waals surface area (Å²) >= 11 is 0. The Balaban J connectivity index is 3.27. The Hall–Kier alpha value is -0.810. The number of hydrogen-bond acceptors (Lipinski definition) is 3. The average molecular weight is 190 g/mol. The van der Waals surface area contributed by atoms with Gasteiger partial charge < -0.3 is 20.1 Å². The first-order chi connectivity index (χ1) is 6.22.